The fraction of sp³-hybridized carbons (Fsp3) is 0.238. The van der Waals surface area contributed by atoms with Gasteiger partial charge in [-0.3, -0.25) is 4.79 Å². The number of carbonyl (C=O) groups is 1. The Labute approximate surface area is 164 Å². The van der Waals surface area contributed by atoms with Gasteiger partial charge in [0.2, 0.25) is 5.91 Å². The maximum absolute atomic E-state index is 12.3. The quantitative estimate of drug-likeness (QED) is 0.643. The van der Waals surface area contributed by atoms with E-state index in [4.69, 9.17) is 10.2 Å². The highest BCUT2D eigenvalue weighted by Crippen LogP contribution is 2.23. The second-order valence-electron chi connectivity index (χ2n) is 6.79. The molecule has 1 amide bonds. The average molecular weight is 387 g/mol. The lowest BCUT2D eigenvalue weighted by Gasteiger charge is -2.14. The minimum Gasteiger partial charge on any atom is -0.422 e. The molecule has 2 aromatic carbocycles. The summed E-state index contributed by atoms with van der Waals surface area (Å²) in [5.41, 5.74) is 7.78. The zero-order valence-corrected chi connectivity index (χ0v) is 16.1. The van der Waals surface area contributed by atoms with Crippen LogP contribution in [0, 0.1) is 5.92 Å². The summed E-state index contributed by atoms with van der Waals surface area (Å²) in [6.45, 7) is 4.03. The van der Waals surface area contributed by atoms with E-state index in [1.807, 2.05) is 50.2 Å². The molecule has 5 nitrogen and oxygen atoms in total. The van der Waals surface area contributed by atoms with E-state index >= 15 is 0 Å². The van der Waals surface area contributed by atoms with Crippen molar-refractivity contribution >= 4 is 35.0 Å². The van der Waals surface area contributed by atoms with Gasteiger partial charge in [-0.15, -0.1) is 12.4 Å². The van der Waals surface area contributed by atoms with Crippen LogP contribution in [-0.4, -0.2) is 11.9 Å². The van der Waals surface area contributed by atoms with E-state index in [1.165, 1.54) is 0 Å². The Morgan fingerprint density at radius 3 is 2.48 bits per heavy atom. The lowest BCUT2D eigenvalue weighted by molar-refractivity contribution is -0.117. The first-order chi connectivity index (χ1) is 12.4. The largest absolute Gasteiger partial charge is 0.422 e. The maximum atomic E-state index is 12.3. The highest BCUT2D eigenvalue weighted by molar-refractivity contribution is 5.96. The van der Waals surface area contributed by atoms with Crippen LogP contribution >= 0.6 is 12.4 Å². The van der Waals surface area contributed by atoms with Crippen molar-refractivity contribution in [3.05, 3.63) is 65.0 Å². The van der Waals surface area contributed by atoms with E-state index in [1.54, 1.807) is 18.2 Å². The molecule has 1 aromatic heterocycles. The van der Waals surface area contributed by atoms with Crippen molar-refractivity contribution in [3.63, 3.8) is 0 Å². The van der Waals surface area contributed by atoms with Gasteiger partial charge >= 0.3 is 5.63 Å². The minimum atomic E-state index is -0.571. The number of amides is 1. The van der Waals surface area contributed by atoms with Gasteiger partial charge in [-0.2, -0.15) is 0 Å². The highest BCUT2D eigenvalue weighted by atomic mass is 35.5. The first-order valence-electron chi connectivity index (χ1n) is 8.64. The molecule has 27 heavy (non-hydrogen) atoms. The van der Waals surface area contributed by atoms with Gasteiger partial charge in [-0.25, -0.2) is 4.79 Å². The molecule has 1 heterocycles. The van der Waals surface area contributed by atoms with Gasteiger partial charge < -0.3 is 15.5 Å². The number of anilines is 1. The fourth-order valence-corrected chi connectivity index (χ4v) is 2.86. The maximum Gasteiger partial charge on any atom is 0.344 e. The SMILES string of the molecule is CC(C)C[C@H](N)C(=O)Nc1ccc2cc(-c3ccccc3)c(=O)oc2c1.Cl. The molecular weight excluding hydrogens is 364 g/mol. The van der Waals surface area contributed by atoms with Crippen LogP contribution in [-0.2, 0) is 4.79 Å². The van der Waals surface area contributed by atoms with Crippen LogP contribution in [0.5, 0.6) is 0 Å². The van der Waals surface area contributed by atoms with Crippen LogP contribution in [0.15, 0.2) is 63.8 Å². The predicted octanol–water partition coefficient (Wildman–Crippen LogP) is 4.19. The van der Waals surface area contributed by atoms with Crippen LogP contribution < -0.4 is 16.7 Å². The van der Waals surface area contributed by atoms with Crippen molar-refractivity contribution < 1.29 is 9.21 Å². The summed E-state index contributed by atoms with van der Waals surface area (Å²) in [7, 11) is 0. The predicted molar refractivity (Wildman–Crippen MR) is 111 cm³/mol. The molecule has 0 saturated carbocycles. The van der Waals surface area contributed by atoms with Gasteiger partial charge in [0.05, 0.1) is 11.6 Å². The van der Waals surface area contributed by atoms with Crippen molar-refractivity contribution in [2.75, 3.05) is 5.32 Å². The summed E-state index contributed by atoms with van der Waals surface area (Å²) in [6, 6.07) is 15.8. The molecule has 0 aliphatic heterocycles. The zero-order valence-electron chi connectivity index (χ0n) is 15.3. The molecule has 3 rings (SSSR count). The molecule has 0 fully saturated rings. The Balaban J connectivity index is 0.00000261. The Morgan fingerprint density at radius 2 is 1.81 bits per heavy atom. The van der Waals surface area contributed by atoms with Crippen LogP contribution in [0.3, 0.4) is 0 Å². The van der Waals surface area contributed by atoms with Crippen molar-refractivity contribution in [1.29, 1.82) is 0 Å². The smallest absolute Gasteiger partial charge is 0.344 e. The van der Waals surface area contributed by atoms with E-state index in [0.717, 1.165) is 10.9 Å². The second-order valence-corrected chi connectivity index (χ2v) is 6.79. The van der Waals surface area contributed by atoms with Gasteiger partial charge in [0, 0.05) is 17.1 Å². The number of benzene rings is 2. The Kier molecular flexibility index (Phi) is 6.77. The summed E-state index contributed by atoms with van der Waals surface area (Å²) in [5.74, 6) is 0.0862. The van der Waals surface area contributed by atoms with E-state index in [9.17, 15) is 9.59 Å². The Morgan fingerprint density at radius 1 is 1.11 bits per heavy atom. The van der Waals surface area contributed by atoms with Gasteiger partial charge in [-0.05, 0) is 36.1 Å². The number of nitrogens with one attached hydrogen (secondary N) is 1. The van der Waals surface area contributed by atoms with Gasteiger partial charge in [0.1, 0.15) is 5.58 Å². The van der Waals surface area contributed by atoms with Crippen LogP contribution in [0.2, 0.25) is 0 Å². The van der Waals surface area contributed by atoms with E-state index in [2.05, 4.69) is 5.32 Å². The van der Waals surface area contributed by atoms with Crippen LogP contribution in [0.25, 0.3) is 22.1 Å². The van der Waals surface area contributed by atoms with E-state index < -0.39 is 11.7 Å². The monoisotopic (exact) mass is 386 g/mol. The van der Waals surface area contributed by atoms with Crippen molar-refractivity contribution in [1.82, 2.24) is 0 Å². The standard InChI is InChI=1S/C21H22N2O3.ClH/c1-13(2)10-18(22)20(24)23-16-9-8-15-11-17(14-6-4-3-5-7-14)21(25)26-19(15)12-16;/h3-9,11-13,18H,10,22H2,1-2H3,(H,23,24);1H/t18-;/m0./s1. The molecule has 6 heteroatoms. The molecule has 0 saturated heterocycles. The summed E-state index contributed by atoms with van der Waals surface area (Å²) < 4.78 is 5.46. The van der Waals surface area contributed by atoms with Gasteiger partial charge in [0.25, 0.3) is 0 Å². The first kappa shape index (κ1) is 20.7. The number of rotatable bonds is 5. The third-order valence-electron chi connectivity index (χ3n) is 4.15. The van der Waals surface area contributed by atoms with Crippen LogP contribution in [0.4, 0.5) is 5.69 Å². The molecule has 0 unspecified atom stereocenters. The summed E-state index contributed by atoms with van der Waals surface area (Å²) in [6.07, 6.45) is 0.606. The van der Waals surface area contributed by atoms with E-state index in [-0.39, 0.29) is 18.3 Å². The molecule has 3 aromatic rings. The topological polar surface area (TPSA) is 85.3 Å². The molecule has 0 aliphatic carbocycles. The third kappa shape index (κ3) is 4.96. The number of hydrogen-bond acceptors (Lipinski definition) is 4. The second kappa shape index (κ2) is 8.84. The summed E-state index contributed by atoms with van der Waals surface area (Å²) in [5, 5.41) is 3.56. The van der Waals surface area contributed by atoms with Crippen molar-refractivity contribution in [3.8, 4) is 11.1 Å². The van der Waals surface area contributed by atoms with Crippen molar-refractivity contribution in [2.24, 2.45) is 11.7 Å². The lowest BCUT2D eigenvalue weighted by Crippen LogP contribution is -2.36. The molecule has 0 bridgehead atoms. The van der Waals surface area contributed by atoms with E-state index in [0.29, 0.717) is 29.2 Å². The highest BCUT2D eigenvalue weighted by Gasteiger charge is 2.15. The van der Waals surface area contributed by atoms with Gasteiger partial charge in [0.15, 0.2) is 0 Å². The summed E-state index contributed by atoms with van der Waals surface area (Å²) in [4.78, 5) is 24.5. The zero-order chi connectivity index (χ0) is 18.7. The molecule has 0 radical (unpaired) electrons. The number of nitrogens with two attached hydrogens (primary N) is 1. The normalized spacial score (nSPS) is 11.9. The third-order valence-corrected chi connectivity index (χ3v) is 4.15. The van der Waals surface area contributed by atoms with Crippen LogP contribution in [0.1, 0.15) is 20.3 Å². The fourth-order valence-electron chi connectivity index (χ4n) is 2.86. The minimum absolute atomic E-state index is 0. The molecule has 142 valence electrons. The molecule has 1 atom stereocenters. The lowest BCUT2D eigenvalue weighted by atomic mass is 10.0. The number of carbonyl (C=O) groups excluding carboxylic acids is 1. The molecular formula is C21H23ClN2O3. The summed E-state index contributed by atoms with van der Waals surface area (Å²) >= 11 is 0. The number of hydrogen-bond donors (Lipinski definition) is 2. The van der Waals surface area contributed by atoms with Crippen molar-refractivity contribution in [2.45, 2.75) is 26.3 Å². The molecule has 0 spiro atoms. The first-order valence-corrected chi connectivity index (χ1v) is 8.64. The molecule has 0 aliphatic rings. The number of fused-ring (bicyclic) bond motifs is 1. The molecule has 3 N–H and O–H groups in total. The van der Waals surface area contributed by atoms with Gasteiger partial charge in [-0.1, -0.05) is 44.2 Å². The average Bonchev–Trinajstić information content (AvgIpc) is 2.61. The number of halogens is 1. The Hall–Kier alpha value is -2.63. The Bertz CT molecular complexity index is 984.